The quantitative estimate of drug-likeness (QED) is 0.117. The molecule has 0 amide bonds. The Morgan fingerprint density at radius 2 is 0.661 bits per heavy atom. The minimum atomic E-state index is -2.67. The first-order chi connectivity index (χ1) is 51.9. The van der Waals surface area contributed by atoms with Gasteiger partial charge in [0.05, 0.1) is 53.0 Å². The maximum Gasteiger partial charge on any atom is 0.0714 e. The van der Waals surface area contributed by atoms with E-state index in [1.807, 2.05) is 164 Å². The molecule has 5 aromatic heterocycles. The van der Waals surface area contributed by atoms with Gasteiger partial charge in [0.1, 0.15) is 0 Å². The smallest absolute Gasteiger partial charge is 0.0714 e. The number of fused-ring (bicyclic) bond motifs is 8. The van der Waals surface area contributed by atoms with Gasteiger partial charge in [-0.25, -0.2) is 8.99 Å². The molecule has 16 rings (SSSR count). The van der Waals surface area contributed by atoms with Gasteiger partial charge in [-0.15, -0.1) is 11.8 Å². The molecule has 0 spiro atoms. The number of aromatic nitrogens is 5. The van der Waals surface area contributed by atoms with Crippen LogP contribution in [-0.2, 0) is 97.1 Å². The fourth-order valence-electron chi connectivity index (χ4n) is 13.0. The fourth-order valence-corrected chi connectivity index (χ4v) is 20.1. The number of rotatable bonds is 7. The molecular weight excluding hydrogens is 1580 g/mol. The molecule has 0 radical (unpaired) electrons. The third-order valence-corrected chi connectivity index (χ3v) is 26.8. The van der Waals surface area contributed by atoms with Crippen LogP contribution in [0, 0.1) is 4.78 Å². The summed E-state index contributed by atoms with van der Waals surface area (Å²) < 4.78 is 89.6. The lowest BCUT2D eigenvalue weighted by Crippen LogP contribution is -2.09. The van der Waals surface area contributed by atoms with Gasteiger partial charge in [0.25, 0.3) is 0 Å². The van der Waals surface area contributed by atoms with Crippen molar-refractivity contribution in [2.75, 3.05) is 50.0 Å². The minimum absolute atomic E-state index is 0.250. The standard InChI is InChI=1S/3C12H16OS.C11H11NOS.C10H10N2OS.C10H9NOS.C10H9NS.C9H6BrN.CH3FS/c3*1-14(2,13)12-9-5-7-10-6-3-4-8-11(10)12;1-14(2,13)11-7-3-6-10-9(11)5-4-8-12-10;1-14(11,13)10-6-2-5-9-8(10)4-3-7-12-9;1-13(12)10-6-2-5-9-8(10)4-3-7-11-9;1-12-10-6-2-5-9-8(10)4-3-7-11-9;10-8-4-1-5-9-7(8)3-2-6-11-9;1-3-2/h3*5,7,9H,1,3-4,6,8H2,2H3;3-8H,1H2,2H3;2-7,11H,1H3;2-7H,1H3;2-7H,1H3;1-6H;1H3. The van der Waals surface area contributed by atoms with Crippen molar-refractivity contribution in [2.45, 2.75) is 111 Å². The Morgan fingerprint density at radius 3 is 1.03 bits per heavy atom. The first-order valence-electron chi connectivity index (χ1n) is 35.2. The summed E-state index contributed by atoms with van der Waals surface area (Å²) in [5.41, 5.74) is 12.7. The first-order valence-corrected chi connectivity index (χ1v) is 50.4. The third kappa shape index (κ3) is 25.1. The van der Waals surface area contributed by atoms with Gasteiger partial charge in [0, 0.05) is 148 Å². The molecule has 0 saturated heterocycles. The molecule has 8 aromatic carbocycles. The first kappa shape index (κ1) is 86.7. The highest BCUT2D eigenvalue weighted by atomic mass is 79.9. The zero-order valence-electron chi connectivity index (χ0n) is 63.0. The van der Waals surface area contributed by atoms with Gasteiger partial charge in [-0.05, 0) is 287 Å². The minimum Gasteiger partial charge on any atom is -0.263 e. The molecule has 5 heterocycles. The zero-order chi connectivity index (χ0) is 78.9. The third-order valence-electron chi connectivity index (χ3n) is 17.9. The summed E-state index contributed by atoms with van der Waals surface area (Å²) in [7, 11) is -11.9. The highest BCUT2D eigenvalue weighted by Crippen LogP contribution is 2.32. The van der Waals surface area contributed by atoms with E-state index in [1.54, 1.807) is 86.0 Å². The van der Waals surface area contributed by atoms with Gasteiger partial charge < -0.3 is 0 Å². The fraction of sp³-hybridized carbons (Fsp3) is 0.230. The summed E-state index contributed by atoms with van der Waals surface area (Å²) in [4.78, 5) is 27.5. The van der Waals surface area contributed by atoms with Crippen molar-refractivity contribution in [3.8, 4) is 0 Å². The van der Waals surface area contributed by atoms with Crippen LogP contribution in [0.4, 0.5) is 3.89 Å². The number of thioether (sulfide) groups is 1. The van der Waals surface area contributed by atoms with Gasteiger partial charge in [0.15, 0.2) is 0 Å². The van der Waals surface area contributed by atoms with E-state index in [0.717, 1.165) is 117 Å². The maximum atomic E-state index is 11.9. The van der Waals surface area contributed by atoms with Gasteiger partial charge in [0.2, 0.25) is 0 Å². The van der Waals surface area contributed by atoms with Crippen LogP contribution in [0.2, 0.25) is 0 Å². The van der Waals surface area contributed by atoms with E-state index < -0.39 is 58.6 Å². The van der Waals surface area contributed by atoms with Crippen molar-refractivity contribution >= 4 is 176 Å². The Morgan fingerprint density at radius 1 is 0.376 bits per heavy atom. The van der Waals surface area contributed by atoms with Gasteiger partial charge in [-0.2, -0.15) is 3.89 Å². The van der Waals surface area contributed by atoms with Crippen LogP contribution >= 0.6 is 39.8 Å². The lowest BCUT2D eigenvalue weighted by atomic mass is 9.92. The number of nitrogens with one attached hydrogen (secondary N) is 1. The highest BCUT2D eigenvalue weighted by Gasteiger charge is 2.19. The molecule has 1 N–H and O–H groups in total. The molecule has 6 unspecified atom stereocenters. The SMILES string of the molecule is Brc1cccc2ncccc12.C=S(C)(=O)c1cccc2c1CCCC2.C=S(C)(=O)c1cccc2c1CCCC2.C=S(C)(=O)c1cccc2c1CCCC2.C=S(C)(=O)c1cccc2ncccc12.CS(=N)(=O)c1cccc2ncccc12.CS(=O)c1cccc2ncccc12.CSF.CSc1cccc2ncccc12. The van der Waals surface area contributed by atoms with E-state index in [1.165, 1.54) is 94.7 Å². The monoisotopic (exact) mass is 1670 g/mol. The van der Waals surface area contributed by atoms with Crippen molar-refractivity contribution < 1.29 is 29.1 Å². The second-order valence-electron chi connectivity index (χ2n) is 26.6. The number of hydrogen-bond acceptors (Lipinski definition) is 14. The second kappa shape index (κ2) is 40.9. The highest BCUT2D eigenvalue weighted by molar-refractivity contribution is 9.10. The summed E-state index contributed by atoms with van der Waals surface area (Å²) in [6, 6.07) is 66.5. The van der Waals surface area contributed by atoms with Crippen LogP contribution in [0.3, 0.4) is 0 Å². The number of aryl methyl sites for hydroxylation is 3. The van der Waals surface area contributed by atoms with E-state index in [4.69, 9.17) is 4.78 Å². The lowest BCUT2D eigenvalue weighted by Gasteiger charge is -2.19. The molecule has 109 heavy (non-hydrogen) atoms. The molecule has 6 atom stereocenters. The number of pyridine rings is 5. The summed E-state index contributed by atoms with van der Waals surface area (Å²) in [6.45, 7) is 0. The summed E-state index contributed by atoms with van der Waals surface area (Å²) in [5, 5.41) is 5.11. The largest absolute Gasteiger partial charge is 0.263 e. The molecular formula is C87H96BrFN6O6S8. The second-order valence-corrected chi connectivity index (χ2v) is 41.9. The van der Waals surface area contributed by atoms with Crippen LogP contribution in [0.15, 0.2) is 276 Å². The number of hydrogen-bond donors (Lipinski definition) is 1. The lowest BCUT2D eigenvalue weighted by molar-refractivity contribution is 0.663. The van der Waals surface area contributed by atoms with Crippen molar-refractivity contribution in [1.29, 1.82) is 4.78 Å². The molecule has 0 bridgehead atoms. The van der Waals surface area contributed by atoms with Crippen LogP contribution in [0.1, 0.15) is 71.9 Å². The Bertz CT molecular complexity index is 5590. The predicted molar refractivity (Wildman–Crippen MR) is 477 cm³/mol. The normalized spacial score (nSPS) is 15.4. The van der Waals surface area contributed by atoms with E-state index in [0.29, 0.717) is 4.90 Å². The van der Waals surface area contributed by atoms with Gasteiger partial charge in [-0.3, -0.25) is 46.0 Å². The number of benzene rings is 8. The van der Waals surface area contributed by atoms with Crippen LogP contribution in [0.25, 0.3) is 54.5 Å². The molecule has 572 valence electrons. The van der Waals surface area contributed by atoms with E-state index >= 15 is 0 Å². The molecule has 3 aliphatic rings. The van der Waals surface area contributed by atoms with Crippen LogP contribution in [-0.4, -0.2) is 124 Å². The Kier molecular flexibility index (Phi) is 32.5. The molecule has 0 saturated carbocycles. The summed E-state index contributed by atoms with van der Waals surface area (Å²) in [5.74, 6) is 15.0. The summed E-state index contributed by atoms with van der Waals surface area (Å²) in [6.07, 6.45) is 36.3. The van der Waals surface area contributed by atoms with Crippen molar-refractivity contribution in [2.24, 2.45) is 0 Å². The number of nitrogens with zero attached hydrogens (tertiary/aromatic N) is 5. The molecule has 12 nitrogen and oxygen atoms in total. The molecule has 13 aromatic rings. The van der Waals surface area contributed by atoms with Gasteiger partial charge >= 0.3 is 0 Å². The van der Waals surface area contributed by atoms with Crippen molar-refractivity contribution in [1.82, 2.24) is 24.9 Å². The average molecular weight is 1680 g/mol. The van der Waals surface area contributed by atoms with Crippen molar-refractivity contribution in [3.05, 3.63) is 275 Å². The summed E-state index contributed by atoms with van der Waals surface area (Å²) >= 11 is 5.47. The Hall–Kier alpha value is -7.90. The molecule has 0 aliphatic heterocycles. The zero-order valence-corrected chi connectivity index (χ0v) is 71.2. The topological polar surface area (TPSA) is 191 Å². The van der Waals surface area contributed by atoms with E-state index in [2.05, 4.69) is 101 Å². The van der Waals surface area contributed by atoms with E-state index in [9.17, 15) is 29.1 Å². The Labute approximate surface area is 665 Å². The molecule has 22 heteroatoms. The average Bonchev–Trinajstić information content (AvgIpc) is 0.817. The Balaban J connectivity index is 0.000000156. The molecule has 3 aliphatic carbocycles. The van der Waals surface area contributed by atoms with Crippen LogP contribution in [0.5, 0.6) is 0 Å². The predicted octanol–water partition coefficient (Wildman–Crippen LogP) is 20.2. The van der Waals surface area contributed by atoms with E-state index in [-0.39, 0.29) is 12.1 Å². The number of halogens is 2. The van der Waals surface area contributed by atoms with Gasteiger partial charge in [-0.1, -0.05) is 113 Å². The van der Waals surface area contributed by atoms with Crippen LogP contribution < -0.4 is 0 Å². The molecule has 0 fully saturated rings. The van der Waals surface area contributed by atoms with Crippen molar-refractivity contribution in [3.63, 3.8) is 0 Å². The maximum absolute atomic E-state index is 11.9.